The van der Waals surface area contributed by atoms with Gasteiger partial charge in [-0.1, -0.05) is 13.0 Å². The van der Waals surface area contributed by atoms with Crippen LogP contribution in [0, 0.1) is 0 Å². The van der Waals surface area contributed by atoms with Crippen molar-refractivity contribution in [3.8, 4) is 0 Å². The minimum atomic E-state index is -3.42. The molecule has 0 spiro atoms. The summed E-state index contributed by atoms with van der Waals surface area (Å²) in [4.78, 5) is 3.90. The third kappa shape index (κ3) is 3.26. The van der Waals surface area contributed by atoms with Crippen LogP contribution in [-0.2, 0) is 16.6 Å². The molecule has 1 aromatic heterocycles. The van der Waals surface area contributed by atoms with Crippen molar-refractivity contribution in [3.05, 3.63) is 23.9 Å². The van der Waals surface area contributed by atoms with E-state index >= 15 is 0 Å². The first-order chi connectivity index (χ1) is 7.10. The molecule has 0 saturated heterocycles. The Morgan fingerprint density at radius 2 is 2.13 bits per heavy atom. The van der Waals surface area contributed by atoms with Gasteiger partial charge in [0.2, 0.25) is 0 Å². The minimum Gasteiger partial charge on any atom is -0.316 e. The zero-order valence-electron chi connectivity index (χ0n) is 8.82. The molecule has 0 aliphatic carbocycles. The maximum atomic E-state index is 11.5. The van der Waals surface area contributed by atoms with Gasteiger partial charge in [-0.2, -0.15) is 0 Å². The Morgan fingerprint density at radius 1 is 1.40 bits per heavy atom. The van der Waals surface area contributed by atoms with Crippen molar-refractivity contribution in [1.82, 2.24) is 15.0 Å². The van der Waals surface area contributed by atoms with Crippen LogP contribution in [0.15, 0.2) is 23.4 Å². The molecule has 0 aromatic carbocycles. The molecule has 0 fully saturated rings. The summed E-state index contributed by atoms with van der Waals surface area (Å²) < 4.78 is 25.4. The molecule has 1 aromatic rings. The van der Waals surface area contributed by atoms with Crippen LogP contribution in [-0.4, -0.2) is 27.0 Å². The molecule has 0 radical (unpaired) electrons. The van der Waals surface area contributed by atoms with E-state index in [0.29, 0.717) is 13.1 Å². The predicted octanol–water partition coefficient (Wildman–Crippen LogP) is 0.0992. The van der Waals surface area contributed by atoms with Gasteiger partial charge in [0.25, 0.3) is 10.0 Å². The summed E-state index contributed by atoms with van der Waals surface area (Å²) in [5, 5.41) is 3.02. The summed E-state index contributed by atoms with van der Waals surface area (Å²) in [7, 11) is -1.60. The first kappa shape index (κ1) is 12.1. The maximum absolute atomic E-state index is 11.5. The van der Waals surface area contributed by atoms with E-state index in [0.717, 1.165) is 5.56 Å². The Balaban J connectivity index is 2.89. The molecule has 0 bridgehead atoms. The lowest BCUT2D eigenvalue weighted by atomic mass is 10.3. The molecule has 1 rings (SSSR count). The van der Waals surface area contributed by atoms with Gasteiger partial charge in [-0.3, -0.25) is 0 Å². The van der Waals surface area contributed by atoms with Crippen LogP contribution in [0.4, 0.5) is 0 Å². The van der Waals surface area contributed by atoms with Gasteiger partial charge < -0.3 is 5.32 Å². The molecule has 84 valence electrons. The molecule has 0 amide bonds. The third-order valence-electron chi connectivity index (χ3n) is 1.79. The lowest BCUT2D eigenvalue weighted by Gasteiger charge is -2.04. The van der Waals surface area contributed by atoms with Crippen LogP contribution in [0.5, 0.6) is 0 Å². The highest BCUT2D eigenvalue weighted by molar-refractivity contribution is 7.89. The lowest BCUT2D eigenvalue weighted by molar-refractivity contribution is 0.580. The Kier molecular flexibility index (Phi) is 4.19. The molecular formula is C9H15N3O2S. The molecule has 15 heavy (non-hydrogen) atoms. The number of hydrogen-bond acceptors (Lipinski definition) is 4. The second-order valence-electron chi connectivity index (χ2n) is 3.04. The fourth-order valence-corrected chi connectivity index (χ4v) is 2.11. The number of nitrogens with one attached hydrogen (secondary N) is 2. The SMILES string of the molecule is CCNS(=O)(=O)c1ccc(CNC)cn1. The smallest absolute Gasteiger partial charge is 0.258 e. The Hall–Kier alpha value is -0.980. The first-order valence-corrected chi connectivity index (χ1v) is 6.17. The van der Waals surface area contributed by atoms with Gasteiger partial charge in [-0.05, 0) is 18.7 Å². The van der Waals surface area contributed by atoms with Crippen LogP contribution >= 0.6 is 0 Å². The van der Waals surface area contributed by atoms with E-state index in [2.05, 4.69) is 15.0 Å². The van der Waals surface area contributed by atoms with Crippen LogP contribution in [0.1, 0.15) is 12.5 Å². The van der Waals surface area contributed by atoms with Crippen LogP contribution < -0.4 is 10.0 Å². The second kappa shape index (κ2) is 5.20. The molecule has 5 nitrogen and oxygen atoms in total. The standard InChI is InChI=1S/C9H15N3O2S/c1-3-12-15(13,14)9-5-4-8(6-10-2)7-11-9/h4-5,7,10,12H,3,6H2,1-2H3. The minimum absolute atomic E-state index is 0.0594. The van der Waals surface area contributed by atoms with Crippen molar-refractivity contribution in [2.24, 2.45) is 0 Å². The monoisotopic (exact) mass is 229 g/mol. The summed E-state index contributed by atoms with van der Waals surface area (Å²) in [5.41, 5.74) is 0.952. The molecule has 1 heterocycles. The van der Waals surface area contributed by atoms with Gasteiger partial charge in [0.1, 0.15) is 0 Å². The predicted molar refractivity (Wildman–Crippen MR) is 57.9 cm³/mol. The molecule has 0 atom stereocenters. The second-order valence-corrected chi connectivity index (χ2v) is 4.75. The normalized spacial score (nSPS) is 11.6. The van der Waals surface area contributed by atoms with Crippen molar-refractivity contribution in [2.75, 3.05) is 13.6 Å². The van der Waals surface area contributed by atoms with Gasteiger partial charge in [-0.15, -0.1) is 0 Å². The number of nitrogens with zero attached hydrogens (tertiary/aromatic N) is 1. The third-order valence-corrected chi connectivity index (χ3v) is 3.25. The average molecular weight is 229 g/mol. The van der Waals surface area contributed by atoms with E-state index in [1.54, 1.807) is 19.2 Å². The number of aromatic nitrogens is 1. The lowest BCUT2D eigenvalue weighted by Crippen LogP contribution is -2.24. The molecule has 6 heteroatoms. The van der Waals surface area contributed by atoms with Gasteiger partial charge in [0.15, 0.2) is 5.03 Å². The summed E-state index contributed by atoms with van der Waals surface area (Å²) in [6, 6.07) is 3.25. The van der Waals surface area contributed by atoms with Crippen molar-refractivity contribution in [2.45, 2.75) is 18.5 Å². The molecule has 0 unspecified atom stereocenters. The zero-order chi connectivity index (χ0) is 11.3. The summed E-state index contributed by atoms with van der Waals surface area (Å²) >= 11 is 0. The van der Waals surface area contributed by atoms with Gasteiger partial charge >= 0.3 is 0 Å². The van der Waals surface area contributed by atoms with Crippen LogP contribution in [0.3, 0.4) is 0 Å². The van der Waals surface area contributed by atoms with E-state index in [9.17, 15) is 8.42 Å². The largest absolute Gasteiger partial charge is 0.316 e. The zero-order valence-corrected chi connectivity index (χ0v) is 9.63. The molecule has 0 saturated carbocycles. The topological polar surface area (TPSA) is 71.1 Å². The molecule has 0 aliphatic heterocycles. The van der Waals surface area contributed by atoms with E-state index < -0.39 is 10.0 Å². The maximum Gasteiger partial charge on any atom is 0.258 e. The number of rotatable bonds is 5. The first-order valence-electron chi connectivity index (χ1n) is 4.69. The van der Waals surface area contributed by atoms with E-state index in [-0.39, 0.29) is 5.03 Å². The van der Waals surface area contributed by atoms with Crippen molar-refractivity contribution in [1.29, 1.82) is 0 Å². The van der Waals surface area contributed by atoms with Crippen molar-refractivity contribution < 1.29 is 8.42 Å². The summed E-state index contributed by atoms with van der Waals surface area (Å²) in [6.45, 7) is 2.77. The van der Waals surface area contributed by atoms with E-state index in [1.165, 1.54) is 6.07 Å². The van der Waals surface area contributed by atoms with Gasteiger partial charge in [0, 0.05) is 19.3 Å². The van der Waals surface area contributed by atoms with E-state index in [4.69, 9.17) is 0 Å². The Bertz CT molecular complexity index is 400. The van der Waals surface area contributed by atoms with Crippen LogP contribution in [0.25, 0.3) is 0 Å². The van der Waals surface area contributed by atoms with Gasteiger partial charge in [-0.25, -0.2) is 18.1 Å². The summed E-state index contributed by atoms with van der Waals surface area (Å²) in [6.07, 6.45) is 1.56. The number of hydrogen-bond donors (Lipinski definition) is 2. The quantitative estimate of drug-likeness (QED) is 0.751. The fraction of sp³-hybridized carbons (Fsp3) is 0.444. The summed E-state index contributed by atoms with van der Waals surface area (Å²) in [5.74, 6) is 0. The highest BCUT2D eigenvalue weighted by Crippen LogP contribution is 2.05. The fourth-order valence-electron chi connectivity index (χ4n) is 1.14. The van der Waals surface area contributed by atoms with Crippen LogP contribution in [0.2, 0.25) is 0 Å². The Labute approximate surface area is 90.0 Å². The van der Waals surface area contributed by atoms with Gasteiger partial charge in [0.05, 0.1) is 0 Å². The van der Waals surface area contributed by atoms with Crippen molar-refractivity contribution in [3.63, 3.8) is 0 Å². The average Bonchev–Trinajstić information content (AvgIpc) is 2.19. The molecule has 2 N–H and O–H groups in total. The highest BCUT2D eigenvalue weighted by Gasteiger charge is 2.13. The van der Waals surface area contributed by atoms with Crippen molar-refractivity contribution >= 4 is 10.0 Å². The number of pyridine rings is 1. The Morgan fingerprint density at radius 3 is 2.60 bits per heavy atom. The molecule has 0 aliphatic rings. The van der Waals surface area contributed by atoms with E-state index in [1.807, 2.05) is 7.05 Å². The number of sulfonamides is 1. The molecular weight excluding hydrogens is 214 g/mol. The highest BCUT2D eigenvalue weighted by atomic mass is 32.2.